The van der Waals surface area contributed by atoms with Crippen LogP contribution in [0.1, 0.15) is 35.2 Å². The molecule has 2 rings (SSSR count). The van der Waals surface area contributed by atoms with E-state index in [1.807, 2.05) is 0 Å². The number of benzene rings is 1. The monoisotopic (exact) mass is 343 g/mol. The molecule has 1 heterocycles. The Hall–Kier alpha value is -1.89. The third kappa shape index (κ3) is 4.56. The van der Waals surface area contributed by atoms with Crippen LogP contribution in [-0.4, -0.2) is 43.4 Å². The second kappa shape index (κ2) is 7.79. The maximum absolute atomic E-state index is 12.8. The maximum atomic E-state index is 12.8. The average molecular weight is 343 g/mol. The minimum absolute atomic E-state index is 0.0426. The summed E-state index contributed by atoms with van der Waals surface area (Å²) in [5.41, 5.74) is -0.793. The highest BCUT2D eigenvalue weighted by atomic mass is 19.4. The van der Waals surface area contributed by atoms with E-state index >= 15 is 0 Å². The Morgan fingerprint density at radius 1 is 1.33 bits per heavy atom. The van der Waals surface area contributed by atoms with Crippen LogP contribution >= 0.6 is 0 Å². The Labute approximate surface area is 138 Å². The van der Waals surface area contributed by atoms with Gasteiger partial charge in [0, 0.05) is 31.7 Å². The summed E-state index contributed by atoms with van der Waals surface area (Å²) in [7, 11) is 1.50. The van der Waals surface area contributed by atoms with Crippen molar-refractivity contribution in [3.05, 3.63) is 35.4 Å². The number of hydrogen-bond donors (Lipinski definition) is 0. The second-order valence-corrected chi connectivity index (χ2v) is 5.86. The van der Waals surface area contributed by atoms with Gasteiger partial charge in [0.05, 0.1) is 18.6 Å². The standard InChI is InChI=1S/C17H20F3NO3/c1-24-9-7-15(22)21-8-3-5-13(11-21)16(23)12-4-2-6-14(10-12)17(18,19)20/h2,4,6,10,13H,3,5,7-9,11H2,1H3/t13-/m0/s1. The van der Waals surface area contributed by atoms with E-state index in [9.17, 15) is 22.8 Å². The molecule has 1 atom stereocenters. The van der Waals surface area contributed by atoms with Gasteiger partial charge in [-0.25, -0.2) is 0 Å². The number of ether oxygens (including phenoxy) is 1. The van der Waals surface area contributed by atoms with E-state index in [-0.39, 0.29) is 30.2 Å². The van der Waals surface area contributed by atoms with Crippen molar-refractivity contribution in [3.8, 4) is 0 Å². The number of halogens is 3. The van der Waals surface area contributed by atoms with Gasteiger partial charge in [-0.2, -0.15) is 13.2 Å². The van der Waals surface area contributed by atoms with Gasteiger partial charge < -0.3 is 9.64 Å². The fraction of sp³-hybridized carbons (Fsp3) is 0.529. The SMILES string of the molecule is COCCC(=O)N1CCC[C@H](C(=O)c2cccc(C(F)(F)F)c2)C1. The summed E-state index contributed by atoms with van der Waals surface area (Å²) >= 11 is 0. The molecule has 4 nitrogen and oxygen atoms in total. The number of alkyl halides is 3. The van der Waals surface area contributed by atoms with Crippen LogP contribution in [0, 0.1) is 5.92 Å². The first-order valence-corrected chi connectivity index (χ1v) is 7.81. The molecular weight excluding hydrogens is 323 g/mol. The lowest BCUT2D eigenvalue weighted by Gasteiger charge is -2.32. The molecule has 1 aliphatic heterocycles. The van der Waals surface area contributed by atoms with Gasteiger partial charge in [0.25, 0.3) is 0 Å². The number of carbonyl (C=O) groups is 2. The van der Waals surface area contributed by atoms with E-state index in [2.05, 4.69) is 0 Å². The summed E-state index contributed by atoms with van der Waals surface area (Å²) in [6.07, 6.45) is -3.01. The summed E-state index contributed by atoms with van der Waals surface area (Å²) in [6, 6.07) is 4.45. The minimum Gasteiger partial charge on any atom is -0.384 e. The van der Waals surface area contributed by atoms with Crippen LogP contribution in [0.2, 0.25) is 0 Å². The molecule has 0 N–H and O–H groups in total. The second-order valence-electron chi connectivity index (χ2n) is 5.86. The highest BCUT2D eigenvalue weighted by Gasteiger charge is 2.33. The van der Waals surface area contributed by atoms with Crippen LogP contribution in [0.15, 0.2) is 24.3 Å². The molecule has 0 aliphatic carbocycles. The number of methoxy groups -OCH3 is 1. The van der Waals surface area contributed by atoms with E-state index in [0.29, 0.717) is 26.0 Å². The quantitative estimate of drug-likeness (QED) is 0.772. The topological polar surface area (TPSA) is 46.6 Å². The molecule has 0 spiro atoms. The molecule has 0 aromatic heterocycles. The van der Waals surface area contributed by atoms with Crippen molar-refractivity contribution in [2.24, 2.45) is 5.92 Å². The number of piperidine rings is 1. The number of carbonyl (C=O) groups excluding carboxylic acids is 2. The Balaban J connectivity index is 2.08. The number of ketones is 1. The highest BCUT2D eigenvalue weighted by molar-refractivity contribution is 5.98. The maximum Gasteiger partial charge on any atom is 0.416 e. The Morgan fingerprint density at radius 2 is 2.08 bits per heavy atom. The van der Waals surface area contributed by atoms with Crippen molar-refractivity contribution in [2.45, 2.75) is 25.4 Å². The van der Waals surface area contributed by atoms with Crippen molar-refractivity contribution in [1.29, 1.82) is 0 Å². The molecule has 1 saturated heterocycles. The third-order valence-electron chi connectivity index (χ3n) is 4.14. The third-order valence-corrected chi connectivity index (χ3v) is 4.14. The Morgan fingerprint density at radius 3 is 2.75 bits per heavy atom. The number of rotatable bonds is 5. The van der Waals surface area contributed by atoms with Gasteiger partial charge in [-0.1, -0.05) is 12.1 Å². The van der Waals surface area contributed by atoms with Crippen LogP contribution < -0.4 is 0 Å². The van der Waals surface area contributed by atoms with Crippen molar-refractivity contribution in [3.63, 3.8) is 0 Å². The fourth-order valence-electron chi connectivity index (χ4n) is 2.85. The number of hydrogen-bond acceptors (Lipinski definition) is 3. The summed E-state index contributed by atoms with van der Waals surface area (Å²) in [6.45, 7) is 1.12. The van der Waals surface area contributed by atoms with E-state index in [1.165, 1.54) is 19.2 Å². The Kier molecular flexibility index (Phi) is 5.99. The number of Topliss-reactive ketones (excluding diaryl/α,β-unsaturated/α-hetero) is 1. The van der Waals surface area contributed by atoms with Crippen LogP contribution in [0.25, 0.3) is 0 Å². The van der Waals surface area contributed by atoms with Gasteiger partial charge in [0.2, 0.25) is 5.91 Å². The van der Waals surface area contributed by atoms with Crippen LogP contribution in [0.3, 0.4) is 0 Å². The molecule has 24 heavy (non-hydrogen) atoms. The summed E-state index contributed by atoms with van der Waals surface area (Å²) in [4.78, 5) is 26.2. The Bertz CT molecular complexity index is 601. The molecule has 1 aromatic rings. The number of amides is 1. The molecule has 7 heteroatoms. The van der Waals surface area contributed by atoms with Crippen LogP contribution in [0.5, 0.6) is 0 Å². The van der Waals surface area contributed by atoms with Gasteiger partial charge in [-0.3, -0.25) is 9.59 Å². The van der Waals surface area contributed by atoms with Gasteiger partial charge in [-0.15, -0.1) is 0 Å². The van der Waals surface area contributed by atoms with Crippen molar-refractivity contribution in [1.82, 2.24) is 4.90 Å². The molecule has 0 radical (unpaired) electrons. The molecule has 1 aliphatic rings. The van der Waals surface area contributed by atoms with Gasteiger partial charge >= 0.3 is 6.18 Å². The zero-order valence-electron chi connectivity index (χ0n) is 13.4. The van der Waals surface area contributed by atoms with Crippen molar-refractivity contribution >= 4 is 11.7 Å². The molecule has 132 valence electrons. The van der Waals surface area contributed by atoms with Gasteiger partial charge in [0.1, 0.15) is 0 Å². The molecule has 1 aromatic carbocycles. The first-order valence-electron chi connectivity index (χ1n) is 7.81. The number of likely N-dealkylation sites (tertiary alicyclic amines) is 1. The first-order chi connectivity index (χ1) is 11.3. The predicted octanol–water partition coefficient (Wildman–Crippen LogP) is 3.16. The van der Waals surface area contributed by atoms with Crippen LogP contribution in [-0.2, 0) is 15.7 Å². The molecule has 1 fully saturated rings. The van der Waals surface area contributed by atoms with E-state index < -0.39 is 17.7 Å². The molecule has 0 saturated carbocycles. The van der Waals surface area contributed by atoms with E-state index in [0.717, 1.165) is 12.1 Å². The van der Waals surface area contributed by atoms with Crippen molar-refractivity contribution in [2.75, 3.05) is 26.8 Å². The smallest absolute Gasteiger partial charge is 0.384 e. The predicted molar refractivity (Wildman–Crippen MR) is 81.6 cm³/mol. The molecular formula is C17H20F3NO3. The largest absolute Gasteiger partial charge is 0.416 e. The number of nitrogens with zero attached hydrogens (tertiary/aromatic N) is 1. The average Bonchev–Trinajstić information content (AvgIpc) is 2.58. The minimum atomic E-state index is -4.48. The summed E-state index contributed by atoms with van der Waals surface area (Å²) in [5, 5.41) is 0. The van der Waals surface area contributed by atoms with Gasteiger partial charge in [0.15, 0.2) is 5.78 Å². The lowest BCUT2D eigenvalue weighted by atomic mass is 9.89. The zero-order valence-corrected chi connectivity index (χ0v) is 13.4. The lowest BCUT2D eigenvalue weighted by Crippen LogP contribution is -2.42. The normalized spacial score (nSPS) is 18.5. The fourth-order valence-corrected chi connectivity index (χ4v) is 2.85. The zero-order chi connectivity index (χ0) is 17.7. The summed E-state index contributed by atoms with van der Waals surface area (Å²) < 4.78 is 43.2. The van der Waals surface area contributed by atoms with E-state index in [4.69, 9.17) is 4.74 Å². The molecule has 0 bridgehead atoms. The van der Waals surface area contributed by atoms with E-state index in [1.54, 1.807) is 4.90 Å². The first kappa shape index (κ1) is 18.4. The highest BCUT2D eigenvalue weighted by Crippen LogP contribution is 2.30. The lowest BCUT2D eigenvalue weighted by molar-refractivity contribution is -0.137. The van der Waals surface area contributed by atoms with Crippen molar-refractivity contribution < 1.29 is 27.5 Å². The molecule has 0 unspecified atom stereocenters. The summed E-state index contributed by atoms with van der Waals surface area (Å²) in [5.74, 6) is -0.905. The van der Waals surface area contributed by atoms with Crippen LogP contribution in [0.4, 0.5) is 13.2 Å². The molecule has 1 amide bonds. The van der Waals surface area contributed by atoms with Gasteiger partial charge in [-0.05, 0) is 25.0 Å².